The molecule has 0 bridgehead atoms. The summed E-state index contributed by atoms with van der Waals surface area (Å²) in [5, 5.41) is 2.75. The Morgan fingerprint density at radius 3 is 2.25 bits per heavy atom. The van der Waals surface area contributed by atoms with Crippen LogP contribution in [0.4, 0.5) is 5.69 Å². The van der Waals surface area contributed by atoms with Gasteiger partial charge in [-0.2, -0.15) is 0 Å². The van der Waals surface area contributed by atoms with Crippen molar-refractivity contribution in [3.63, 3.8) is 0 Å². The fourth-order valence-corrected chi connectivity index (χ4v) is 5.41. The van der Waals surface area contributed by atoms with Crippen molar-refractivity contribution in [2.24, 2.45) is 0 Å². The van der Waals surface area contributed by atoms with Crippen molar-refractivity contribution >= 4 is 43.5 Å². The van der Waals surface area contributed by atoms with Gasteiger partial charge in [-0.25, -0.2) is 8.42 Å². The predicted molar refractivity (Wildman–Crippen MR) is 145 cm³/mol. The number of amides is 2. The van der Waals surface area contributed by atoms with Gasteiger partial charge in [0.2, 0.25) is 11.8 Å². The van der Waals surface area contributed by atoms with Crippen molar-refractivity contribution in [1.82, 2.24) is 10.2 Å². The quantitative estimate of drug-likeness (QED) is 0.388. The Hall–Kier alpha value is -3.17. The molecule has 1 unspecified atom stereocenters. The maximum atomic E-state index is 13.7. The molecule has 0 fully saturated rings. The Morgan fingerprint density at radius 1 is 0.972 bits per heavy atom. The van der Waals surface area contributed by atoms with E-state index in [0.29, 0.717) is 12.2 Å². The lowest BCUT2D eigenvalue weighted by Gasteiger charge is -2.32. The average Bonchev–Trinajstić information content (AvgIpc) is 2.87. The van der Waals surface area contributed by atoms with Crippen molar-refractivity contribution < 1.29 is 18.0 Å². The van der Waals surface area contributed by atoms with E-state index in [2.05, 4.69) is 21.2 Å². The molecule has 0 radical (unpaired) electrons. The minimum atomic E-state index is -4.06. The van der Waals surface area contributed by atoms with Crippen LogP contribution in [0.2, 0.25) is 0 Å². The van der Waals surface area contributed by atoms with E-state index >= 15 is 0 Å². The van der Waals surface area contributed by atoms with Gasteiger partial charge in [0.1, 0.15) is 12.6 Å². The molecular weight excluding hydrogens is 542 g/mol. The van der Waals surface area contributed by atoms with Crippen LogP contribution < -0.4 is 9.62 Å². The first-order valence-corrected chi connectivity index (χ1v) is 13.8. The van der Waals surface area contributed by atoms with Gasteiger partial charge in [0.15, 0.2) is 0 Å². The maximum absolute atomic E-state index is 13.7. The highest BCUT2D eigenvalue weighted by Gasteiger charge is 2.32. The first-order valence-electron chi connectivity index (χ1n) is 11.6. The van der Waals surface area contributed by atoms with Gasteiger partial charge in [-0.1, -0.05) is 58.4 Å². The SMILES string of the molecule is CCNC(=O)C(C)N(Cc1ccc(Br)cc1)C(=O)CN(c1cccc(C)c1)S(=O)(=O)c1ccccc1. The molecule has 0 heterocycles. The number of halogens is 1. The zero-order chi connectivity index (χ0) is 26.3. The monoisotopic (exact) mass is 571 g/mol. The molecule has 190 valence electrons. The molecule has 0 aliphatic rings. The van der Waals surface area contributed by atoms with Crippen LogP contribution in [0, 0.1) is 6.92 Å². The summed E-state index contributed by atoms with van der Waals surface area (Å²) >= 11 is 3.40. The number of carbonyl (C=O) groups is 2. The Bertz CT molecular complexity index is 1300. The Labute approximate surface area is 221 Å². The van der Waals surface area contributed by atoms with Gasteiger partial charge >= 0.3 is 0 Å². The number of hydrogen-bond donors (Lipinski definition) is 1. The van der Waals surface area contributed by atoms with Gasteiger partial charge in [0.25, 0.3) is 10.0 Å². The number of benzene rings is 3. The van der Waals surface area contributed by atoms with Crippen molar-refractivity contribution in [1.29, 1.82) is 0 Å². The molecule has 3 aromatic carbocycles. The molecule has 3 aromatic rings. The third-order valence-electron chi connectivity index (χ3n) is 5.68. The average molecular weight is 573 g/mol. The fraction of sp³-hybridized carbons (Fsp3) is 0.259. The molecule has 36 heavy (non-hydrogen) atoms. The van der Waals surface area contributed by atoms with Gasteiger partial charge in [0.05, 0.1) is 10.6 Å². The van der Waals surface area contributed by atoms with Crippen LogP contribution in [0.1, 0.15) is 25.0 Å². The highest BCUT2D eigenvalue weighted by Crippen LogP contribution is 2.25. The highest BCUT2D eigenvalue weighted by molar-refractivity contribution is 9.10. The fourth-order valence-electron chi connectivity index (χ4n) is 3.72. The first-order chi connectivity index (χ1) is 17.1. The topological polar surface area (TPSA) is 86.8 Å². The molecule has 7 nitrogen and oxygen atoms in total. The lowest BCUT2D eigenvalue weighted by atomic mass is 10.1. The summed E-state index contributed by atoms with van der Waals surface area (Å²) in [7, 11) is -4.06. The summed E-state index contributed by atoms with van der Waals surface area (Å²) in [6.07, 6.45) is 0. The van der Waals surface area contributed by atoms with Crippen LogP contribution in [-0.4, -0.2) is 44.3 Å². The van der Waals surface area contributed by atoms with E-state index < -0.39 is 28.5 Å². The van der Waals surface area contributed by atoms with Crippen molar-refractivity contribution in [2.75, 3.05) is 17.4 Å². The largest absolute Gasteiger partial charge is 0.355 e. The summed E-state index contributed by atoms with van der Waals surface area (Å²) in [5.41, 5.74) is 2.05. The number of likely N-dealkylation sites (N-methyl/N-ethyl adjacent to an activating group) is 1. The second-order valence-electron chi connectivity index (χ2n) is 8.38. The standard InChI is InChI=1S/C27H30BrN3O4S/c1-4-29-27(33)21(3)30(18-22-13-15-23(28)16-14-22)26(32)19-31(24-10-8-9-20(2)17-24)36(34,35)25-11-6-5-7-12-25/h5-17,21H,4,18-19H2,1-3H3,(H,29,33). The third kappa shape index (κ3) is 6.73. The van der Waals surface area contributed by atoms with Crippen LogP contribution in [0.15, 0.2) is 88.2 Å². The summed E-state index contributed by atoms with van der Waals surface area (Å²) in [4.78, 5) is 27.9. The van der Waals surface area contributed by atoms with Gasteiger partial charge in [-0.05, 0) is 68.3 Å². The van der Waals surface area contributed by atoms with Crippen LogP contribution in [-0.2, 0) is 26.2 Å². The van der Waals surface area contributed by atoms with E-state index in [9.17, 15) is 18.0 Å². The van der Waals surface area contributed by atoms with Gasteiger partial charge in [-0.15, -0.1) is 0 Å². The Kier molecular flexibility index (Phi) is 9.28. The molecule has 1 N–H and O–H groups in total. The molecule has 0 spiro atoms. The van der Waals surface area contributed by atoms with E-state index in [1.165, 1.54) is 17.0 Å². The minimum Gasteiger partial charge on any atom is -0.355 e. The molecule has 0 aliphatic heterocycles. The lowest BCUT2D eigenvalue weighted by molar-refractivity contribution is -0.139. The Morgan fingerprint density at radius 2 is 1.64 bits per heavy atom. The molecule has 9 heteroatoms. The molecular formula is C27H30BrN3O4S. The normalized spacial score (nSPS) is 12.0. The second-order valence-corrected chi connectivity index (χ2v) is 11.2. The molecule has 0 aliphatic carbocycles. The zero-order valence-corrected chi connectivity index (χ0v) is 22.9. The van der Waals surface area contributed by atoms with Gasteiger partial charge in [0, 0.05) is 17.6 Å². The number of sulfonamides is 1. The van der Waals surface area contributed by atoms with E-state index in [-0.39, 0.29) is 17.3 Å². The lowest BCUT2D eigenvalue weighted by Crippen LogP contribution is -2.51. The van der Waals surface area contributed by atoms with Crippen molar-refractivity contribution in [3.8, 4) is 0 Å². The predicted octanol–water partition coefficient (Wildman–Crippen LogP) is 4.51. The second kappa shape index (κ2) is 12.2. The number of nitrogens with one attached hydrogen (secondary N) is 1. The smallest absolute Gasteiger partial charge is 0.264 e. The van der Waals surface area contributed by atoms with Crippen LogP contribution in [0.5, 0.6) is 0 Å². The Balaban J connectivity index is 2.01. The first kappa shape index (κ1) is 27.4. The third-order valence-corrected chi connectivity index (χ3v) is 8.00. The van der Waals surface area contributed by atoms with Crippen LogP contribution in [0.3, 0.4) is 0 Å². The number of nitrogens with zero attached hydrogens (tertiary/aromatic N) is 2. The number of aryl methyl sites for hydroxylation is 1. The van der Waals surface area contributed by atoms with Crippen molar-refractivity contribution in [3.05, 3.63) is 94.5 Å². The summed E-state index contributed by atoms with van der Waals surface area (Å²) in [6, 6.07) is 21.6. The summed E-state index contributed by atoms with van der Waals surface area (Å²) < 4.78 is 29.3. The molecule has 1 atom stereocenters. The van der Waals surface area contributed by atoms with Gasteiger partial charge in [-0.3, -0.25) is 13.9 Å². The summed E-state index contributed by atoms with van der Waals surface area (Å²) in [5.74, 6) is -0.798. The molecule has 3 rings (SSSR count). The van der Waals surface area contributed by atoms with E-state index in [1.54, 1.807) is 50.2 Å². The van der Waals surface area contributed by atoms with E-state index in [4.69, 9.17) is 0 Å². The van der Waals surface area contributed by atoms with Crippen molar-refractivity contribution in [2.45, 2.75) is 38.3 Å². The molecule has 0 saturated heterocycles. The van der Waals surface area contributed by atoms with E-state index in [1.807, 2.05) is 37.3 Å². The molecule has 0 saturated carbocycles. The van der Waals surface area contributed by atoms with Crippen LogP contribution in [0.25, 0.3) is 0 Å². The summed E-state index contributed by atoms with van der Waals surface area (Å²) in [6.45, 7) is 5.41. The number of rotatable bonds is 10. The number of anilines is 1. The number of carbonyl (C=O) groups excluding carboxylic acids is 2. The van der Waals surface area contributed by atoms with E-state index in [0.717, 1.165) is 19.9 Å². The van der Waals surface area contributed by atoms with Gasteiger partial charge < -0.3 is 10.2 Å². The van der Waals surface area contributed by atoms with Crippen LogP contribution >= 0.6 is 15.9 Å². The zero-order valence-electron chi connectivity index (χ0n) is 20.5. The maximum Gasteiger partial charge on any atom is 0.264 e. The number of hydrogen-bond acceptors (Lipinski definition) is 4. The molecule has 2 amide bonds. The highest BCUT2D eigenvalue weighted by atomic mass is 79.9. The molecule has 0 aromatic heterocycles. The minimum absolute atomic E-state index is 0.0792.